The van der Waals surface area contributed by atoms with Gasteiger partial charge in [-0.1, -0.05) is 18.2 Å². The number of anilines is 1. The van der Waals surface area contributed by atoms with Crippen molar-refractivity contribution in [2.45, 2.75) is 11.3 Å². The van der Waals surface area contributed by atoms with Crippen LogP contribution in [0.25, 0.3) is 0 Å². The first-order valence-electron chi connectivity index (χ1n) is 7.64. The van der Waals surface area contributed by atoms with Crippen molar-refractivity contribution in [3.05, 3.63) is 58.3 Å². The van der Waals surface area contributed by atoms with Gasteiger partial charge in [-0.2, -0.15) is 5.26 Å². The monoisotopic (exact) mass is 340 g/mol. The van der Waals surface area contributed by atoms with Gasteiger partial charge in [0, 0.05) is 29.8 Å². The summed E-state index contributed by atoms with van der Waals surface area (Å²) in [6, 6.07) is 13.6. The molecule has 122 valence electrons. The predicted octanol–water partition coefficient (Wildman–Crippen LogP) is 3.48. The Morgan fingerprint density at radius 2 is 2.21 bits per heavy atom. The van der Waals surface area contributed by atoms with Crippen molar-refractivity contribution in [3.8, 4) is 6.07 Å². The number of aromatic nitrogens is 1. The number of hydrogen-bond donors (Lipinski definition) is 0. The van der Waals surface area contributed by atoms with Crippen molar-refractivity contribution in [3.63, 3.8) is 0 Å². The Labute approximate surface area is 144 Å². The maximum Gasteiger partial charge on any atom is 0.289 e. The fourth-order valence-electron chi connectivity index (χ4n) is 2.77. The lowest BCUT2D eigenvalue weighted by Crippen LogP contribution is -2.22. The maximum absolute atomic E-state index is 10.8. The highest BCUT2D eigenvalue weighted by Crippen LogP contribution is 2.30. The smallest absolute Gasteiger partial charge is 0.289 e. The van der Waals surface area contributed by atoms with Crippen LogP contribution in [0.15, 0.2) is 47.5 Å². The lowest BCUT2D eigenvalue weighted by atomic mass is 10.2. The predicted molar refractivity (Wildman–Crippen MR) is 93.1 cm³/mol. The van der Waals surface area contributed by atoms with E-state index in [4.69, 9.17) is 0 Å². The summed E-state index contributed by atoms with van der Waals surface area (Å²) in [6.07, 6.45) is 2.26. The third-order valence-corrected chi connectivity index (χ3v) is 5.24. The average Bonchev–Trinajstić information content (AvgIpc) is 3.09. The van der Waals surface area contributed by atoms with Crippen LogP contribution >= 0.6 is 11.8 Å². The number of benzene rings is 1. The van der Waals surface area contributed by atoms with E-state index in [1.807, 2.05) is 36.0 Å². The van der Waals surface area contributed by atoms with E-state index >= 15 is 0 Å². The topological polar surface area (TPSA) is 83.1 Å². The van der Waals surface area contributed by atoms with Crippen LogP contribution in [0.4, 0.5) is 11.5 Å². The Morgan fingerprint density at radius 3 is 2.92 bits per heavy atom. The number of pyridine rings is 1. The minimum atomic E-state index is -0.527. The summed E-state index contributed by atoms with van der Waals surface area (Å²) in [5.74, 6) is 2.07. The number of rotatable bonds is 5. The van der Waals surface area contributed by atoms with Crippen LogP contribution in [-0.2, 0) is 0 Å². The number of nitrogens with zero attached hydrogens (tertiary/aromatic N) is 4. The molecular weight excluding hydrogens is 324 g/mol. The van der Waals surface area contributed by atoms with Crippen molar-refractivity contribution in [1.29, 1.82) is 5.26 Å². The normalized spacial score (nSPS) is 16.8. The fourth-order valence-corrected chi connectivity index (χ4v) is 3.82. The first-order valence-corrected chi connectivity index (χ1v) is 8.63. The number of nitro groups is 1. The summed E-state index contributed by atoms with van der Waals surface area (Å²) >= 11 is 1.83. The van der Waals surface area contributed by atoms with Gasteiger partial charge >= 0.3 is 0 Å². The largest absolute Gasteiger partial charge is 0.355 e. The summed E-state index contributed by atoms with van der Waals surface area (Å²) < 4.78 is 0. The van der Waals surface area contributed by atoms with E-state index in [2.05, 4.69) is 22.0 Å². The minimum absolute atomic E-state index is 0.148. The molecule has 1 aliphatic rings. The molecule has 0 spiro atoms. The molecule has 0 unspecified atom stereocenters. The van der Waals surface area contributed by atoms with Gasteiger partial charge in [0.25, 0.3) is 5.69 Å². The van der Waals surface area contributed by atoms with E-state index in [1.165, 1.54) is 17.2 Å². The third-order valence-electron chi connectivity index (χ3n) is 4.00. The number of nitriles is 1. The molecule has 1 aromatic carbocycles. The fraction of sp³-hybridized carbons (Fsp3) is 0.294. The van der Waals surface area contributed by atoms with Crippen LogP contribution < -0.4 is 4.90 Å². The van der Waals surface area contributed by atoms with E-state index in [0.717, 1.165) is 25.3 Å². The molecule has 24 heavy (non-hydrogen) atoms. The molecule has 0 bridgehead atoms. The van der Waals surface area contributed by atoms with E-state index in [-0.39, 0.29) is 11.3 Å². The lowest BCUT2D eigenvalue weighted by Gasteiger charge is -2.18. The van der Waals surface area contributed by atoms with Crippen LogP contribution in [0.3, 0.4) is 0 Å². The van der Waals surface area contributed by atoms with Crippen molar-refractivity contribution >= 4 is 23.3 Å². The molecule has 0 aliphatic carbocycles. The van der Waals surface area contributed by atoms with Crippen molar-refractivity contribution in [1.82, 2.24) is 4.98 Å². The van der Waals surface area contributed by atoms with Crippen LogP contribution in [0.1, 0.15) is 12.0 Å². The van der Waals surface area contributed by atoms with E-state index in [0.29, 0.717) is 11.7 Å². The minimum Gasteiger partial charge on any atom is -0.355 e. The van der Waals surface area contributed by atoms with Gasteiger partial charge in [-0.15, -0.1) is 11.8 Å². The Hall–Kier alpha value is -2.59. The summed E-state index contributed by atoms with van der Waals surface area (Å²) in [6.45, 7) is 1.64. The van der Waals surface area contributed by atoms with Crippen LogP contribution in [-0.4, -0.2) is 28.7 Å². The number of hydrogen-bond acceptors (Lipinski definition) is 6. The van der Waals surface area contributed by atoms with Crippen LogP contribution in [0.2, 0.25) is 0 Å². The van der Waals surface area contributed by atoms with Gasteiger partial charge < -0.3 is 4.90 Å². The molecule has 1 fully saturated rings. The molecule has 1 aromatic heterocycles. The van der Waals surface area contributed by atoms with Gasteiger partial charge in [0.2, 0.25) is 0 Å². The highest BCUT2D eigenvalue weighted by Gasteiger charge is 2.26. The van der Waals surface area contributed by atoms with Gasteiger partial charge in [0.15, 0.2) is 0 Å². The first kappa shape index (κ1) is 16.3. The SMILES string of the molecule is N#Cc1cc([N+](=O)[O-])cnc1N1CC[C@H](CSc2ccccc2)C1. The zero-order valence-electron chi connectivity index (χ0n) is 13.0. The number of thioether (sulfide) groups is 1. The highest BCUT2D eigenvalue weighted by molar-refractivity contribution is 7.99. The highest BCUT2D eigenvalue weighted by atomic mass is 32.2. The second-order valence-electron chi connectivity index (χ2n) is 5.66. The van der Waals surface area contributed by atoms with Gasteiger partial charge in [0.05, 0.1) is 4.92 Å². The molecule has 2 aromatic rings. The summed E-state index contributed by atoms with van der Waals surface area (Å²) in [5.41, 5.74) is 0.117. The van der Waals surface area contributed by atoms with Gasteiger partial charge in [-0.3, -0.25) is 10.1 Å². The molecule has 0 radical (unpaired) electrons. The molecule has 0 saturated carbocycles. The van der Waals surface area contributed by atoms with Crippen LogP contribution in [0.5, 0.6) is 0 Å². The molecule has 2 heterocycles. The third kappa shape index (κ3) is 3.66. The van der Waals surface area contributed by atoms with Crippen molar-refractivity contribution in [2.24, 2.45) is 5.92 Å². The quantitative estimate of drug-likeness (QED) is 0.471. The zero-order valence-corrected chi connectivity index (χ0v) is 13.8. The molecule has 0 N–H and O–H groups in total. The molecule has 1 atom stereocenters. The summed E-state index contributed by atoms with van der Waals surface area (Å²) in [5, 5.41) is 20.1. The molecule has 1 saturated heterocycles. The summed E-state index contributed by atoms with van der Waals surface area (Å²) in [4.78, 5) is 17.8. The van der Waals surface area contributed by atoms with E-state index in [9.17, 15) is 15.4 Å². The second-order valence-corrected chi connectivity index (χ2v) is 6.75. The second kappa shape index (κ2) is 7.32. The zero-order chi connectivity index (χ0) is 16.9. The molecule has 7 heteroatoms. The maximum atomic E-state index is 10.8. The molecular formula is C17H16N4O2S. The molecule has 1 aliphatic heterocycles. The molecule has 6 nitrogen and oxygen atoms in total. The Bertz CT molecular complexity index is 776. The van der Waals surface area contributed by atoms with E-state index in [1.54, 1.807) is 0 Å². The van der Waals surface area contributed by atoms with E-state index < -0.39 is 4.92 Å². The average molecular weight is 340 g/mol. The Kier molecular flexibility index (Phi) is 4.96. The summed E-state index contributed by atoms with van der Waals surface area (Å²) in [7, 11) is 0. The van der Waals surface area contributed by atoms with Gasteiger partial charge in [-0.25, -0.2) is 4.98 Å². The van der Waals surface area contributed by atoms with Crippen molar-refractivity contribution < 1.29 is 4.92 Å². The molecule has 0 amide bonds. The van der Waals surface area contributed by atoms with Gasteiger partial charge in [-0.05, 0) is 24.5 Å². The van der Waals surface area contributed by atoms with Gasteiger partial charge in [0.1, 0.15) is 23.6 Å². The lowest BCUT2D eigenvalue weighted by molar-refractivity contribution is -0.385. The van der Waals surface area contributed by atoms with Crippen LogP contribution in [0, 0.1) is 27.4 Å². The molecule has 3 rings (SSSR count). The van der Waals surface area contributed by atoms with Crippen molar-refractivity contribution in [2.75, 3.05) is 23.7 Å². The standard InChI is InChI=1S/C17H16N4O2S/c18-9-14-8-15(21(22)23)10-19-17(14)20-7-6-13(11-20)12-24-16-4-2-1-3-5-16/h1-5,8,10,13H,6-7,11-12H2/t13-/m0/s1. The Balaban J connectivity index is 1.65. The Morgan fingerprint density at radius 1 is 1.42 bits per heavy atom. The first-order chi connectivity index (χ1) is 11.7.